The first-order valence-electron chi connectivity index (χ1n) is 11.8. The molecule has 4 spiro atoms. The van der Waals surface area contributed by atoms with Gasteiger partial charge in [-0.15, -0.1) is 0 Å². The van der Waals surface area contributed by atoms with Gasteiger partial charge in [0, 0.05) is 35.9 Å². The second-order valence-electron chi connectivity index (χ2n) is 12.7. The van der Waals surface area contributed by atoms with Gasteiger partial charge in [0.1, 0.15) is 11.5 Å². The summed E-state index contributed by atoms with van der Waals surface area (Å²) in [4.78, 5) is 14.4. The van der Waals surface area contributed by atoms with Crippen LogP contribution < -0.4 is 10.6 Å². The molecule has 3 N–H and O–H groups in total. The minimum Gasteiger partial charge on any atom is -0.387 e. The number of ether oxygens (including phenoxy) is 3. The summed E-state index contributed by atoms with van der Waals surface area (Å²) < 4.78 is 19.9. The molecule has 7 nitrogen and oxygen atoms in total. The van der Waals surface area contributed by atoms with E-state index in [1.165, 1.54) is 0 Å². The Labute approximate surface area is 176 Å². The first kappa shape index (κ1) is 17.9. The lowest BCUT2D eigenvalue weighted by Gasteiger charge is -2.77. The molecule has 0 aromatic rings. The molecular weight excluding hydrogens is 384 g/mol. The number of ketones is 1. The maximum Gasteiger partial charge on any atom is 0.213 e. The van der Waals surface area contributed by atoms with E-state index >= 15 is 0 Å². The third kappa shape index (κ3) is 1.44. The largest absolute Gasteiger partial charge is 0.387 e. The summed E-state index contributed by atoms with van der Waals surface area (Å²) in [6.45, 7) is 9.66. The topological polar surface area (TPSA) is 109 Å². The summed E-state index contributed by atoms with van der Waals surface area (Å²) in [5.41, 5.74) is -1.74. The lowest BCUT2D eigenvalue weighted by molar-refractivity contribution is -0.529. The molecule has 30 heavy (non-hydrogen) atoms. The van der Waals surface area contributed by atoms with E-state index in [-0.39, 0.29) is 40.5 Å². The van der Waals surface area contributed by atoms with Crippen LogP contribution in [-0.4, -0.2) is 65.4 Å². The molecule has 4 bridgehead atoms. The highest BCUT2D eigenvalue weighted by Gasteiger charge is 2.94. The lowest BCUT2D eigenvalue weighted by Crippen LogP contribution is -2.88. The van der Waals surface area contributed by atoms with Crippen molar-refractivity contribution in [3.05, 3.63) is 0 Å². The van der Waals surface area contributed by atoms with Crippen LogP contribution in [-0.2, 0) is 19.0 Å². The van der Waals surface area contributed by atoms with Crippen LogP contribution in [0.25, 0.3) is 0 Å². The molecule has 5 heterocycles. The van der Waals surface area contributed by atoms with E-state index in [2.05, 4.69) is 24.5 Å². The number of carbonyl (C=O) groups excluding carboxylic acids is 1. The number of aliphatic hydroxyl groups excluding tert-OH is 1. The minimum absolute atomic E-state index is 0.0354. The van der Waals surface area contributed by atoms with Gasteiger partial charge < -0.3 is 30.0 Å². The summed E-state index contributed by atoms with van der Waals surface area (Å²) in [6.07, 6.45) is 1.91. The van der Waals surface area contributed by atoms with Crippen molar-refractivity contribution in [1.82, 2.24) is 10.6 Å². The number of hydrogen-bond acceptors (Lipinski definition) is 7. The van der Waals surface area contributed by atoms with Gasteiger partial charge in [0.15, 0.2) is 11.6 Å². The number of fused-ring (bicyclic) bond motifs is 3. The van der Waals surface area contributed by atoms with Gasteiger partial charge in [-0.25, -0.2) is 0 Å². The Hall–Kier alpha value is -0.570. The van der Waals surface area contributed by atoms with Gasteiger partial charge in [0.2, 0.25) is 5.79 Å². The van der Waals surface area contributed by atoms with Crippen molar-refractivity contribution >= 4 is 5.78 Å². The molecule has 9 rings (SSSR count). The van der Waals surface area contributed by atoms with Crippen LogP contribution in [0.2, 0.25) is 0 Å². The SMILES string of the molecule is CC1(C)O[C@@H]2[C@H]3CCC4[C@@]56COC(O1)([C@@H](O)[C@@H]5C(C)(C)CC1NC16)[C@]42C(=O)C31CN1. The standard InChI is InChI=1S/C23H32N2O5/c1-18(2)7-11-14(25-11)20-9-28-23(15(26)13(18)20)22-12(20)6-5-10(21(8-24-21)17(22)27)16(22)29-19(3,4)30-23/h10-16,24-26H,5-9H2,1-4H3/t10-,11?,12?,13-,14?,15+,16-,20+,21?,22-,23?/m1/s1. The fraction of sp³-hybridized carbons (Fsp3) is 0.957. The first-order chi connectivity index (χ1) is 14.1. The van der Waals surface area contributed by atoms with E-state index in [9.17, 15) is 9.90 Å². The molecule has 5 saturated heterocycles. The van der Waals surface area contributed by atoms with Crippen LogP contribution in [0.3, 0.4) is 0 Å². The molecule has 7 heteroatoms. The molecule has 0 radical (unpaired) electrons. The summed E-state index contributed by atoms with van der Waals surface area (Å²) in [5, 5.41) is 19.3. The summed E-state index contributed by atoms with van der Waals surface area (Å²) in [7, 11) is 0. The van der Waals surface area contributed by atoms with Crippen molar-refractivity contribution in [2.45, 2.75) is 88.4 Å². The summed E-state index contributed by atoms with van der Waals surface area (Å²) >= 11 is 0. The maximum absolute atomic E-state index is 14.4. The molecule has 9 fully saturated rings. The summed E-state index contributed by atoms with van der Waals surface area (Å²) in [6, 6.07) is 0.767. The number of nitrogens with one attached hydrogen (secondary N) is 2. The average Bonchev–Trinajstić information content (AvgIpc) is 3.55. The van der Waals surface area contributed by atoms with E-state index in [1.54, 1.807) is 0 Å². The smallest absolute Gasteiger partial charge is 0.213 e. The Morgan fingerprint density at radius 1 is 1.17 bits per heavy atom. The monoisotopic (exact) mass is 416 g/mol. The second kappa shape index (κ2) is 4.44. The van der Waals surface area contributed by atoms with Gasteiger partial charge in [-0.1, -0.05) is 13.8 Å². The van der Waals surface area contributed by atoms with Crippen molar-refractivity contribution < 1.29 is 24.1 Å². The Bertz CT molecular complexity index is 915. The molecule has 11 atom stereocenters. The van der Waals surface area contributed by atoms with Gasteiger partial charge in [0.25, 0.3) is 0 Å². The average molecular weight is 417 g/mol. The van der Waals surface area contributed by atoms with E-state index in [4.69, 9.17) is 14.2 Å². The zero-order valence-electron chi connectivity index (χ0n) is 18.2. The highest BCUT2D eigenvalue weighted by molar-refractivity contribution is 6.02. The van der Waals surface area contributed by atoms with E-state index in [0.29, 0.717) is 25.2 Å². The second-order valence-corrected chi connectivity index (χ2v) is 12.7. The molecule has 4 saturated carbocycles. The predicted molar refractivity (Wildman–Crippen MR) is 104 cm³/mol. The molecule has 0 aromatic carbocycles. The highest BCUT2D eigenvalue weighted by Crippen LogP contribution is 2.81. The van der Waals surface area contributed by atoms with Crippen molar-refractivity contribution in [2.75, 3.05) is 13.2 Å². The zero-order chi connectivity index (χ0) is 20.7. The first-order valence-corrected chi connectivity index (χ1v) is 11.8. The molecule has 0 aromatic heterocycles. The van der Waals surface area contributed by atoms with Crippen molar-refractivity contribution in [3.63, 3.8) is 0 Å². The Morgan fingerprint density at radius 2 is 1.93 bits per heavy atom. The minimum atomic E-state index is -1.32. The molecule has 5 aliphatic heterocycles. The van der Waals surface area contributed by atoms with Gasteiger partial charge >= 0.3 is 0 Å². The number of rotatable bonds is 0. The third-order valence-electron chi connectivity index (χ3n) is 10.8. The summed E-state index contributed by atoms with van der Waals surface area (Å²) in [5.74, 6) is -1.76. The zero-order valence-corrected chi connectivity index (χ0v) is 18.2. The molecule has 0 amide bonds. The molecule has 5 unspecified atom stereocenters. The van der Waals surface area contributed by atoms with Crippen LogP contribution in [0.5, 0.6) is 0 Å². The number of aliphatic hydroxyl groups is 1. The fourth-order valence-electron chi connectivity index (χ4n) is 10.3. The van der Waals surface area contributed by atoms with Crippen LogP contribution in [0, 0.1) is 34.0 Å². The molecule has 4 aliphatic carbocycles. The quantitative estimate of drug-likeness (QED) is 0.495. The third-order valence-corrected chi connectivity index (χ3v) is 10.8. The van der Waals surface area contributed by atoms with E-state index in [0.717, 1.165) is 19.3 Å². The van der Waals surface area contributed by atoms with Gasteiger partial charge in [-0.2, -0.15) is 0 Å². The van der Waals surface area contributed by atoms with Crippen LogP contribution in [0.4, 0.5) is 0 Å². The Morgan fingerprint density at radius 3 is 2.67 bits per heavy atom. The van der Waals surface area contributed by atoms with Crippen molar-refractivity contribution in [3.8, 4) is 0 Å². The number of Topliss-reactive ketones (excluding diaryl/α,β-unsaturated/α-hetero) is 1. The van der Waals surface area contributed by atoms with E-state index in [1.807, 2.05) is 13.8 Å². The van der Waals surface area contributed by atoms with Crippen LogP contribution >= 0.6 is 0 Å². The van der Waals surface area contributed by atoms with Gasteiger partial charge in [-0.05, 0) is 44.4 Å². The molecule has 164 valence electrons. The number of hydrogen-bond donors (Lipinski definition) is 3. The Kier molecular flexibility index (Phi) is 2.65. The molecule has 9 aliphatic rings. The Balaban J connectivity index is 1.45. The van der Waals surface area contributed by atoms with Crippen molar-refractivity contribution in [2.24, 2.45) is 34.0 Å². The molecular formula is C23H32N2O5. The van der Waals surface area contributed by atoms with Crippen molar-refractivity contribution in [1.29, 1.82) is 0 Å². The van der Waals surface area contributed by atoms with Gasteiger partial charge in [0.05, 0.1) is 18.2 Å². The predicted octanol–water partition coefficient (Wildman–Crippen LogP) is 0.549. The normalized spacial score (nSPS) is 67.0. The lowest BCUT2D eigenvalue weighted by atomic mass is 9.36. The van der Waals surface area contributed by atoms with Gasteiger partial charge in [-0.3, -0.25) is 4.79 Å². The van der Waals surface area contributed by atoms with E-state index < -0.39 is 28.6 Å². The highest BCUT2D eigenvalue weighted by atomic mass is 16.8. The van der Waals surface area contributed by atoms with Crippen LogP contribution in [0.15, 0.2) is 0 Å². The fourth-order valence-corrected chi connectivity index (χ4v) is 10.3. The number of carbonyl (C=O) groups is 1. The van der Waals surface area contributed by atoms with Crippen LogP contribution in [0.1, 0.15) is 47.0 Å². The maximum atomic E-state index is 14.4.